The Hall–Kier alpha value is -4.39. The Morgan fingerprint density at radius 2 is 1.78 bits per heavy atom. The van der Waals surface area contributed by atoms with Crippen LogP contribution in [0.25, 0.3) is 11.3 Å². The van der Waals surface area contributed by atoms with Crippen molar-refractivity contribution >= 4 is 12.1 Å². The number of carbonyl (C=O) groups excluding carboxylic acids is 1. The van der Waals surface area contributed by atoms with Crippen LogP contribution >= 0.6 is 0 Å². The third-order valence-corrected chi connectivity index (χ3v) is 4.73. The molecule has 1 aromatic heterocycles. The number of para-hydroxylation sites is 1. The van der Waals surface area contributed by atoms with Crippen LogP contribution in [0.15, 0.2) is 90.0 Å². The van der Waals surface area contributed by atoms with Crippen LogP contribution in [-0.4, -0.2) is 29.4 Å². The van der Waals surface area contributed by atoms with E-state index in [1.54, 1.807) is 13.2 Å². The summed E-state index contributed by atoms with van der Waals surface area (Å²) in [6.07, 6.45) is 1.53. The van der Waals surface area contributed by atoms with Crippen molar-refractivity contribution in [2.24, 2.45) is 5.10 Å². The zero-order chi connectivity index (χ0) is 22.2. The SMILES string of the molecule is COc1ccccc1/C=N\NC(=O)c1cc(-c2ccc(OCc3ccccc3)cc2)n[nH]1. The molecule has 0 radical (unpaired) electrons. The lowest BCUT2D eigenvalue weighted by Crippen LogP contribution is -2.18. The van der Waals surface area contributed by atoms with Crippen molar-refractivity contribution < 1.29 is 14.3 Å². The van der Waals surface area contributed by atoms with Gasteiger partial charge < -0.3 is 9.47 Å². The number of nitrogens with one attached hydrogen (secondary N) is 2. The van der Waals surface area contributed by atoms with Crippen LogP contribution in [0.2, 0.25) is 0 Å². The topological polar surface area (TPSA) is 88.6 Å². The van der Waals surface area contributed by atoms with Crippen LogP contribution in [0.1, 0.15) is 21.6 Å². The second-order valence-electron chi connectivity index (χ2n) is 6.91. The normalized spacial score (nSPS) is 10.8. The smallest absolute Gasteiger partial charge is 0.289 e. The zero-order valence-corrected chi connectivity index (χ0v) is 17.5. The Labute approximate surface area is 185 Å². The molecule has 0 spiro atoms. The van der Waals surface area contributed by atoms with Crippen LogP contribution < -0.4 is 14.9 Å². The highest BCUT2D eigenvalue weighted by atomic mass is 16.5. The van der Waals surface area contributed by atoms with Crippen LogP contribution in [0.5, 0.6) is 11.5 Å². The number of hydrogen-bond donors (Lipinski definition) is 2. The van der Waals surface area contributed by atoms with E-state index in [4.69, 9.17) is 9.47 Å². The lowest BCUT2D eigenvalue weighted by Gasteiger charge is -2.06. The van der Waals surface area contributed by atoms with Crippen molar-refractivity contribution in [3.63, 3.8) is 0 Å². The van der Waals surface area contributed by atoms with E-state index in [1.807, 2.05) is 78.9 Å². The van der Waals surface area contributed by atoms with Crippen LogP contribution in [-0.2, 0) is 6.61 Å². The minimum Gasteiger partial charge on any atom is -0.496 e. The van der Waals surface area contributed by atoms with Crippen LogP contribution in [0, 0.1) is 0 Å². The summed E-state index contributed by atoms with van der Waals surface area (Å²) < 4.78 is 11.1. The molecule has 160 valence electrons. The molecule has 0 saturated carbocycles. The molecule has 0 saturated heterocycles. The Morgan fingerprint density at radius 1 is 1.03 bits per heavy atom. The monoisotopic (exact) mass is 426 g/mol. The number of nitrogens with zero attached hydrogens (tertiary/aromatic N) is 2. The minimum atomic E-state index is -0.391. The largest absolute Gasteiger partial charge is 0.496 e. The third kappa shape index (κ3) is 5.20. The number of benzene rings is 3. The van der Waals surface area contributed by atoms with E-state index < -0.39 is 5.91 Å². The molecule has 32 heavy (non-hydrogen) atoms. The Balaban J connectivity index is 1.35. The van der Waals surface area contributed by atoms with E-state index >= 15 is 0 Å². The fourth-order valence-electron chi connectivity index (χ4n) is 3.04. The number of aromatic nitrogens is 2. The molecular weight excluding hydrogens is 404 g/mol. The zero-order valence-electron chi connectivity index (χ0n) is 17.5. The number of H-pyrrole nitrogens is 1. The quantitative estimate of drug-likeness (QED) is 0.322. The fraction of sp³-hybridized carbons (Fsp3) is 0.0800. The minimum absolute atomic E-state index is 0.307. The number of carbonyl (C=O) groups is 1. The van der Waals surface area contributed by atoms with Crippen molar-refractivity contribution in [3.8, 4) is 22.8 Å². The molecule has 4 aromatic rings. The standard InChI is InChI=1S/C25H22N4O3/c1-31-24-10-6-5-9-20(24)16-26-29-25(30)23-15-22(27-28-23)19-11-13-21(14-12-19)32-17-18-7-3-2-4-8-18/h2-16H,17H2,1H3,(H,27,28)(H,29,30)/b26-16-. The first-order valence-corrected chi connectivity index (χ1v) is 10.0. The van der Waals surface area contributed by atoms with Crippen molar-refractivity contribution in [1.29, 1.82) is 0 Å². The van der Waals surface area contributed by atoms with Gasteiger partial charge in [-0.2, -0.15) is 10.2 Å². The average Bonchev–Trinajstić information content (AvgIpc) is 3.34. The molecule has 0 aliphatic rings. The summed E-state index contributed by atoms with van der Waals surface area (Å²) >= 11 is 0. The number of methoxy groups -OCH3 is 1. The highest BCUT2D eigenvalue weighted by Gasteiger charge is 2.11. The van der Waals surface area contributed by atoms with Gasteiger partial charge in [0, 0.05) is 11.1 Å². The summed E-state index contributed by atoms with van der Waals surface area (Å²) in [6, 6.07) is 26.6. The Kier molecular flexibility index (Phi) is 6.57. The van der Waals surface area contributed by atoms with Crippen molar-refractivity contribution in [2.75, 3.05) is 7.11 Å². The molecule has 0 aliphatic heterocycles. The third-order valence-electron chi connectivity index (χ3n) is 4.73. The summed E-state index contributed by atoms with van der Waals surface area (Å²) in [6.45, 7) is 0.502. The fourth-order valence-corrected chi connectivity index (χ4v) is 3.04. The van der Waals surface area contributed by atoms with Crippen molar-refractivity contribution in [3.05, 3.63) is 102 Å². The maximum absolute atomic E-state index is 12.4. The van der Waals surface area contributed by atoms with Gasteiger partial charge in [0.2, 0.25) is 0 Å². The van der Waals surface area contributed by atoms with Gasteiger partial charge in [-0.15, -0.1) is 0 Å². The summed E-state index contributed by atoms with van der Waals surface area (Å²) in [5.74, 6) is 1.04. The molecule has 0 unspecified atom stereocenters. The van der Waals surface area contributed by atoms with Crippen LogP contribution in [0.3, 0.4) is 0 Å². The second-order valence-corrected chi connectivity index (χ2v) is 6.91. The van der Waals surface area contributed by atoms with Gasteiger partial charge in [0.05, 0.1) is 19.0 Å². The first kappa shape index (κ1) is 20.9. The molecular formula is C25H22N4O3. The number of hydrogen-bond acceptors (Lipinski definition) is 5. The second kappa shape index (κ2) is 10.1. The highest BCUT2D eigenvalue weighted by Crippen LogP contribution is 2.22. The average molecular weight is 426 g/mol. The maximum atomic E-state index is 12.4. The first-order valence-electron chi connectivity index (χ1n) is 10.0. The Morgan fingerprint density at radius 3 is 2.56 bits per heavy atom. The lowest BCUT2D eigenvalue weighted by atomic mass is 10.1. The predicted octanol–water partition coefficient (Wildman–Crippen LogP) is 4.43. The van der Waals surface area contributed by atoms with Gasteiger partial charge in [-0.3, -0.25) is 9.89 Å². The molecule has 0 fully saturated rings. The number of ether oxygens (including phenoxy) is 2. The Bertz CT molecular complexity index is 1200. The summed E-state index contributed by atoms with van der Waals surface area (Å²) in [7, 11) is 1.58. The molecule has 1 amide bonds. The molecule has 2 N–H and O–H groups in total. The van der Waals surface area contributed by atoms with E-state index in [1.165, 1.54) is 6.21 Å². The van der Waals surface area contributed by atoms with Gasteiger partial charge >= 0.3 is 0 Å². The van der Waals surface area contributed by atoms with Gasteiger partial charge in [0.15, 0.2) is 0 Å². The van der Waals surface area contributed by atoms with Gasteiger partial charge in [0.1, 0.15) is 23.8 Å². The highest BCUT2D eigenvalue weighted by molar-refractivity contribution is 5.94. The molecule has 0 atom stereocenters. The number of aromatic amines is 1. The van der Waals surface area contributed by atoms with E-state index in [0.29, 0.717) is 23.7 Å². The van der Waals surface area contributed by atoms with Gasteiger partial charge in [-0.05, 0) is 48.0 Å². The van der Waals surface area contributed by atoms with Gasteiger partial charge in [0.25, 0.3) is 5.91 Å². The summed E-state index contributed by atoms with van der Waals surface area (Å²) in [5, 5.41) is 11.0. The maximum Gasteiger partial charge on any atom is 0.289 e. The molecule has 7 nitrogen and oxygen atoms in total. The number of hydrazone groups is 1. The van der Waals surface area contributed by atoms with Crippen molar-refractivity contribution in [1.82, 2.24) is 15.6 Å². The number of amides is 1. The molecule has 1 heterocycles. The van der Waals surface area contributed by atoms with E-state index in [9.17, 15) is 4.79 Å². The predicted molar refractivity (Wildman–Crippen MR) is 123 cm³/mol. The van der Waals surface area contributed by atoms with Gasteiger partial charge in [-0.1, -0.05) is 42.5 Å². The first-order chi connectivity index (χ1) is 15.7. The van der Waals surface area contributed by atoms with Gasteiger partial charge in [-0.25, -0.2) is 5.43 Å². The summed E-state index contributed by atoms with van der Waals surface area (Å²) in [5.41, 5.74) is 6.18. The van der Waals surface area contributed by atoms with E-state index in [0.717, 1.165) is 22.4 Å². The molecule has 0 aliphatic carbocycles. The lowest BCUT2D eigenvalue weighted by molar-refractivity contribution is 0.0950. The molecule has 0 bridgehead atoms. The summed E-state index contributed by atoms with van der Waals surface area (Å²) in [4.78, 5) is 12.4. The molecule has 4 rings (SSSR count). The van der Waals surface area contributed by atoms with E-state index in [2.05, 4.69) is 20.7 Å². The van der Waals surface area contributed by atoms with Crippen LogP contribution in [0.4, 0.5) is 0 Å². The van der Waals surface area contributed by atoms with Crippen molar-refractivity contribution in [2.45, 2.75) is 6.61 Å². The molecule has 7 heteroatoms. The van der Waals surface area contributed by atoms with E-state index in [-0.39, 0.29) is 0 Å². The number of rotatable bonds is 8. The molecule has 3 aromatic carbocycles.